The minimum absolute atomic E-state index is 0.00934. The van der Waals surface area contributed by atoms with Crippen LogP contribution in [0.15, 0.2) is 48.5 Å². The van der Waals surface area contributed by atoms with Gasteiger partial charge in [0.15, 0.2) is 0 Å². The number of amides is 1. The molecule has 0 aliphatic carbocycles. The molecule has 1 aliphatic rings. The Labute approximate surface area is 158 Å². The highest BCUT2D eigenvalue weighted by Gasteiger charge is 2.36. The maximum Gasteiger partial charge on any atom is 0.256 e. The minimum Gasteiger partial charge on any atom is -0.338 e. The van der Waals surface area contributed by atoms with E-state index in [9.17, 15) is 17.6 Å². The third-order valence-corrected chi connectivity index (χ3v) is 5.36. The average molecular weight is 391 g/mol. The Hall–Kier alpha value is -2.45. The number of anilines is 1. The zero-order valence-corrected chi connectivity index (χ0v) is 15.7. The summed E-state index contributed by atoms with van der Waals surface area (Å²) in [4.78, 5) is 14.6. The lowest BCUT2D eigenvalue weighted by molar-refractivity contribution is 0.0787. The molecular formula is C19H22FN3O3S. The lowest BCUT2D eigenvalue weighted by Crippen LogP contribution is -2.30. The first kappa shape index (κ1) is 19.3. The maximum atomic E-state index is 13.7. The number of hydrogen-bond donors (Lipinski definition) is 2. The molecule has 3 N–H and O–H groups in total. The molecule has 0 spiro atoms. The number of rotatable bonds is 5. The van der Waals surface area contributed by atoms with Crippen LogP contribution >= 0.6 is 0 Å². The van der Waals surface area contributed by atoms with Gasteiger partial charge in [-0.05, 0) is 36.2 Å². The molecule has 144 valence electrons. The average Bonchev–Trinajstić information content (AvgIpc) is 3.06. The van der Waals surface area contributed by atoms with Gasteiger partial charge in [-0.2, -0.15) is 0 Å². The first-order valence-electron chi connectivity index (χ1n) is 8.60. The lowest BCUT2D eigenvalue weighted by atomic mass is 9.89. The van der Waals surface area contributed by atoms with Crippen LogP contribution in [-0.4, -0.2) is 45.1 Å². The third kappa shape index (κ3) is 4.45. The van der Waals surface area contributed by atoms with Gasteiger partial charge in [-0.1, -0.05) is 30.3 Å². The molecule has 1 aliphatic heterocycles. The molecule has 6 nitrogen and oxygen atoms in total. The van der Waals surface area contributed by atoms with E-state index in [-0.39, 0.29) is 23.1 Å². The van der Waals surface area contributed by atoms with E-state index in [2.05, 4.69) is 4.72 Å². The molecule has 8 heteroatoms. The predicted octanol–water partition coefficient (Wildman–Crippen LogP) is 2.01. The summed E-state index contributed by atoms with van der Waals surface area (Å²) in [6, 6.07) is 13.2. The van der Waals surface area contributed by atoms with Crippen LogP contribution in [0.1, 0.15) is 21.8 Å². The first-order valence-corrected chi connectivity index (χ1v) is 10.5. The molecule has 2 atom stereocenters. The highest BCUT2D eigenvalue weighted by Crippen LogP contribution is 2.33. The number of nitrogens with two attached hydrogens (primary N) is 1. The Morgan fingerprint density at radius 1 is 1.22 bits per heavy atom. The van der Waals surface area contributed by atoms with Crippen LogP contribution in [0.4, 0.5) is 10.1 Å². The molecule has 1 fully saturated rings. The summed E-state index contributed by atoms with van der Waals surface area (Å²) >= 11 is 0. The molecule has 0 radical (unpaired) electrons. The number of nitrogens with one attached hydrogen (secondary N) is 1. The van der Waals surface area contributed by atoms with Crippen molar-refractivity contribution >= 4 is 21.6 Å². The van der Waals surface area contributed by atoms with Crippen molar-refractivity contribution in [1.29, 1.82) is 0 Å². The molecular weight excluding hydrogens is 369 g/mol. The molecule has 27 heavy (non-hydrogen) atoms. The number of halogens is 1. The van der Waals surface area contributed by atoms with E-state index in [4.69, 9.17) is 5.73 Å². The van der Waals surface area contributed by atoms with Crippen LogP contribution in [0.3, 0.4) is 0 Å². The smallest absolute Gasteiger partial charge is 0.256 e. The van der Waals surface area contributed by atoms with Crippen molar-refractivity contribution < 1.29 is 17.6 Å². The van der Waals surface area contributed by atoms with Crippen molar-refractivity contribution in [2.24, 2.45) is 11.7 Å². The van der Waals surface area contributed by atoms with Gasteiger partial charge >= 0.3 is 0 Å². The van der Waals surface area contributed by atoms with E-state index in [1.54, 1.807) is 4.90 Å². The van der Waals surface area contributed by atoms with Gasteiger partial charge in [0, 0.05) is 19.0 Å². The number of carbonyl (C=O) groups excluding carboxylic acids is 1. The van der Waals surface area contributed by atoms with E-state index in [0.29, 0.717) is 19.6 Å². The number of nitrogens with zero attached hydrogens (tertiary/aromatic N) is 1. The molecule has 0 saturated carbocycles. The molecule has 0 unspecified atom stereocenters. The second kappa shape index (κ2) is 7.66. The second-order valence-corrected chi connectivity index (χ2v) is 8.54. The molecule has 3 rings (SSSR count). The fourth-order valence-electron chi connectivity index (χ4n) is 3.51. The molecule has 0 aromatic heterocycles. The first-order chi connectivity index (χ1) is 12.8. The number of sulfonamides is 1. The normalized spacial score (nSPS) is 19.9. The standard InChI is InChI=1S/C19H22FN3O3S/c1-27(25,26)22-18-8-7-15(20)9-16(18)19(24)23-11-14(10-21)17(12-23)13-5-3-2-4-6-13/h2-9,14,17,22H,10-12,21H2,1H3/t14-,17+/m1/s1. The van der Waals surface area contributed by atoms with E-state index in [1.807, 2.05) is 30.3 Å². The van der Waals surface area contributed by atoms with Crippen LogP contribution in [-0.2, 0) is 10.0 Å². The molecule has 1 saturated heterocycles. The van der Waals surface area contributed by atoms with Gasteiger partial charge in [0.2, 0.25) is 10.0 Å². The van der Waals surface area contributed by atoms with E-state index >= 15 is 0 Å². The van der Waals surface area contributed by atoms with E-state index in [0.717, 1.165) is 24.0 Å². The summed E-state index contributed by atoms with van der Waals surface area (Å²) in [5.74, 6) is -0.861. The Kier molecular flexibility index (Phi) is 5.48. The summed E-state index contributed by atoms with van der Waals surface area (Å²) in [6.45, 7) is 1.30. The Morgan fingerprint density at radius 2 is 1.93 bits per heavy atom. The summed E-state index contributed by atoms with van der Waals surface area (Å²) < 4.78 is 39.2. The van der Waals surface area contributed by atoms with Crippen molar-refractivity contribution in [3.8, 4) is 0 Å². The van der Waals surface area contributed by atoms with Gasteiger partial charge < -0.3 is 10.6 Å². The maximum absolute atomic E-state index is 13.7. The second-order valence-electron chi connectivity index (χ2n) is 6.79. The molecule has 1 heterocycles. The lowest BCUT2D eigenvalue weighted by Gasteiger charge is -2.19. The van der Waals surface area contributed by atoms with Crippen molar-refractivity contribution in [1.82, 2.24) is 4.90 Å². The van der Waals surface area contributed by atoms with Crippen molar-refractivity contribution in [3.05, 3.63) is 65.5 Å². The monoisotopic (exact) mass is 391 g/mol. The van der Waals surface area contributed by atoms with Crippen LogP contribution < -0.4 is 10.5 Å². The molecule has 2 aromatic rings. The molecule has 0 bridgehead atoms. The highest BCUT2D eigenvalue weighted by atomic mass is 32.2. The van der Waals surface area contributed by atoms with Crippen LogP contribution in [0.5, 0.6) is 0 Å². The Morgan fingerprint density at radius 3 is 2.56 bits per heavy atom. The SMILES string of the molecule is CS(=O)(=O)Nc1ccc(F)cc1C(=O)N1C[C@@H](CN)[C@H](c2ccccc2)C1. The van der Waals surface area contributed by atoms with Gasteiger partial charge in [-0.25, -0.2) is 12.8 Å². The fraction of sp³-hybridized carbons (Fsp3) is 0.316. The summed E-state index contributed by atoms with van der Waals surface area (Å²) in [7, 11) is -3.60. The summed E-state index contributed by atoms with van der Waals surface area (Å²) in [5, 5.41) is 0. The fourth-order valence-corrected chi connectivity index (χ4v) is 4.08. The topological polar surface area (TPSA) is 92.5 Å². The Bertz CT molecular complexity index is 934. The number of likely N-dealkylation sites (tertiary alicyclic amines) is 1. The Balaban J connectivity index is 1.89. The zero-order valence-electron chi connectivity index (χ0n) is 14.9. The van der Waals surface area contributed by atoms with Crippen LogP contribution in [0, 0.1) is 11.7 Å². The van der Waals surface area contributed by atoms with Crippen LogP contribution in [0.25, 0.3) is 0 Å². The van der Waals surface area contributed by atoms with Crippen molar-refractivity contribution in [2.45, 2.75) is 5.92 Å². The van der Waals surface area contributed by atoms with Gasteiger partial charge in [-0.3, -0.25) is 9.52 Å². The zero-order chi connectivity index (χ0) is 19.6. The van der Waals surface area contributed by atoms with E-state index in [1.165, 1.54) is 6.07 Å². The quantitative estimate of drug-likeness (QED) is 0.816. The minimum atomic E-state index is -3.60. The number of hydrogen-bond acceptors (Lipinski definition) is 4. The molecule has 2 aromatic carbocycles. The highest BCUT2D eigenvalue weighted by molar-refractivity contribution is 7.92. The van der Waals surface area contributed by atoms with E-state index < -0.39 is 21.7 Å². The number of carbonyl (C=O) groups is 1. The van der Waals surface area contributed by atoms with Crippen molar-refractivity contribution in [2.75, 3.05) is 30.6 Å². The largest absolute Gasteiger partial charge is 0.338 e. The summed E-state index contributed by atoms with van der Waals surface area (Å²) in [6.07, 6.45) is 0.982. The van der Waals surface area contributed by atoms with Crippen molar-refractivity contribution in [3.63, 3.8) is 0 Å². The molecule has 1 amide bonds. The third-order valence-electron chi connectivity index (χ3n) is 4.77. The van der Waals surface area contributed by atoms with Crippen LogP contribution in [0.2, 0.25) is 0 Å². The van der Waals surface area contributed by atoms with Gasteiger partial charge in [0.1, 0.15) is 5.82 Å². The van der Waals surface area contributed by atoms with Gasteiger partial charge in [-0.15, -0.1) is 0 Å². The van der Waals surface area contributed by atoms with Gasteiger partial charge in [0.25, 0.3) is 5.91 Å². The number of benzene rings is 2. The summed E-state index contributed by atoms with van der Waals surface area (Å²) in [5.41, 5.74) is 7.06. The van der Waals surface area contributed by atoms with Gasteiger partial charge in [0.05, 0.1) is 17.5 Å². The predicted molar refractivity (Wildman–Crippen MR) is 102 cm³/mol.